The molecule has 0 spiro atoms. The summed E-state index contributed by atoms with van der Waals surface area (Å²) in [4.78, 5) is 0. The van der Waals surface area contributed by atoms with Gasteiger partial charge in [0.15, 0.2) is 0 Å². The van der Waals surface area contributed by atoms with Crippen LogP contribution in [-0.2, 0) is 0 Å². The van der Waals surface area contributed by atoms with Crippen LogP contribution in [-0.4, -0.2) is 11.7 Å². The van der Waals surface area contributed by atoms with Gasteiger partial charge in [-0.15, -0.1) is 0 Å². The molecule has 8 heavy (non-hydrogen) atoms. The summed E-state index contributed by atoms with van der Waals surface area (Å²) in [6.07, 6.45) is 3.74. The van der Waals surface area contributed by atoms with Crippen molar-refractivity contribution in [1.29, 1.82) is 0 Å². The van der Waals surface area contributed by atoms with Crippen LogP contribution in [0.1, 0.15) is 0 Å². The minimum atomic E-state index is 0.0946. The summed E-state index contributed by atoms with van der Waals surface area (Å²) in [5.74, 6) is 0. The Morgan fingerprint density at radius 3 is 3.00 bits per heavy atom. The molecule has 0 aliphatic carbocycles. The molecule has 0 radical (unpaired) electrons. The largest absolute Gasteiger partial charge is 0.390 e. The average Bonchev–Trinajstić information content (AvgIpc) is 1.90. The molecule has 0 fully saturated rings. The molecule has 1 rings (SSSR count). The van der Waals surface area contributed by atoms with Crippen LogP contribution in [0.25, 0.3) is 0 Å². The Morgan fingerprint density at radius 1 is 1.75 bits per heavy atom. The summed E-state index contributed by atoms with van der Waals surface area (Å²) in [5, 5.41) is 10.4. The Hall–Kier alpha value is -0.410. The second kappa shape index (κ2) is 2.79. The van der Waals surface area contributed by atoms with Gasteiger partial charge in [0.1, 0.15) is 0 Å². The molecule has 0 saturated carbocycles. The Labute approximate surface area is 52.4 Å². The highest BCUT2D eigenvalue weighted by Gasteiger charge is 1.92. The van der Waals surface area contributed by atoms with E-state index in [0.717, 1.165) is 5.70 Å². The second-order valence-electron chi connectivity index (χ2n) is 1.40. The van der Waals surface area contributed by atoms with Gasteiger partial charge >= 0.3 is 0 Å². The molecular weight excluding hydrogens is 122 g/mol. The van der Waals surface area contributed by atoms with Crippen LogP contribution in [0.5, 0.6) is 0 Å². The fraction of sp³-hybridized carbons (Fsp3) is 0.200. The zero-order valence-electron chi connectivity index (χ0n) is 4.29. The van der Waals surface area contributed by atoms with E-state index in [-0.39, 0.29) is 6.61 Å². The molecule has 0 unspecified atom stereocenters. The van der Waals surface area contributed by atoms with Gasteiger partial charge in [0.05, 0.1) is 6.61 Å². The molecular formula is C5H7NOS. The van der Waals surface area contributed by atoms with E-state index in [1.165, 1.54) is 11.9 Å². The average molecular weight is 129 g/mol. The van der Waals surface area contributed by atoms with Gasteiger partial charge in [-0.25, -0.2) is 0 Å². The number of allylic oxidation sites excluding steroid dienone is 2. The van der Waals surface area contributed by atoms with Gasteiger partial charge in [0, 0.05) is 5.70 Å². The third-order valence-corrected chi connectivity index (χ3v) is 1.48. The normalized spacial score (nSPS) is 17.4. The van der Waals surface area contributed by atoms with Crippen molar-refractivity contribution < 1.29 is 5.11 Å². The number of aliphatic hydroxyl groups excluding tert-OH is 1. The third-order valence-electron chi connectivity index (χ3n) is 0.804. The quantitative estimate of drug-likeness (QED) is 0.509. The summed E-state index contributed by atoms with van der Waals surface area (Å²) in [6, 6.07) is 0. The van der Waals surface area contributed by atoms with E-state index in [1.807, 2.05) is 17.6 Å². The number of hydrogen-bond acceptors (Lipinski definition) is 3. The van der Waals surface area contributed by atoms with Gasteiger partial charge in [-0.1, -0.05) is 6.08 Å². The lowest BCUT2D eigenvalue weighted by atomic mass is 10.4. The highest BCUT2D eigenvalue weighted by molar-refractivity contribution is 8.00. The molecule has 1 aliphatic rings. The Bertz CT molecular complexity index is 130. The van der Waals surface area contributed by atoms with Crippen molar-refractivity contribution in [1.82, 2.24) is 4.72 Å². The first-order valence-electron chi connectivity index (χ1n) is 2.31. The topological polar surface area (TPSA) is 32.3 Å². The molecule has 0 atom stereocenters. The van der Waals surface area contributed by atoms with Gasteiger partial charge in [-0.2, -0.15) is 0 Å². The van der Waals surface area contributed by atoms with Gasteiger partial charge < -0.3 is 9.83 Å². The van der Waals surface area contributed by atoms with Crippen LogP contribution in [0, 0.1) is 0 Å². The molecule has 2 N–H and O–H groups in total. The van der Waals surface area contributed by atoms with E-state index in [0.29, 0.717) is 0 Å². The van der Waals surface area contributed by atoms with Crippen molar-refractivity contribution in [2.45, 2.75) is 0 Å². The minimum absolute atomic E-state index is 0.0946. The highest BCUT2D eigenvalue weighted by atomic mass is 32.2. The highest BCUT2D eigenvalue weighted by Crippen LogP contribution is 2.06. The van der Waals surface area contributed by atoms with Crippen molar-refractivity contribution in [3.63, 3.8) is 0 Å². The summed E-state index contributed by atoms with van der Waals surface area (Å²) in [7, 11) is 0. The molecule has 0 bridgehead atoms. The lowest BCUT2D eigenvalue weighted by Gasteiger charge is -2.05. The van der Waals surface area contributed by atoms with Gasteiger partial charge in [0.25, 0.3) is 0 Å². The monoisotopic (exact) mass is 129 g/mol. The van der Waals surface area contributed by atoms with Gasteiger partial charge in [-0.05, 0) is 23.4 Å². The summed E-state index contributed by atoms with van der Waals surface area (Å²) in [5.41, 5.74) is 0.859. The maximum absolute atomic E-state index is 8.51. The van der Waals surface area contributed by atoms with Crippen LogP contribution >= 0.6 is 11.9 Å². The molecule has 2 nitrogen and oxygen atoms in total. The van der Waals surface area contributed by atoms with E-state index < -0.39 is 0 Å². The smallest absolute Gasteiger partial charge is 0.0835 e. The summed E-state index contributed by atoms with van der Waals surface area (Å²) in [6.45, 7) is 0.0946. The molecule has 1 heterocycles. The minimum Gasteiger partial charge on any atom is -0.390 e. The Balaban J connectivity index is 2.50. The molecule has 1 aliphatic heterocycles. The van der Waals surface area contributed by atoms with Crippen molar-refractivity contribution in [3.05, 3.63) is 23.3 Å². The third kappa shape index (κ3) is 1.28. The van der Waals surface area contributed by atoms with E-state index in [9.17, 15) is 0 Å². The maximum Gasteiger partial charge on any atom is 0.0835 e. The van der Waals surface area contributed by atoms with Crippen molar-refractivity contribution in [3.8, 4) is 0 Å². The van der Waals surface area contributed by atoms with Crippen LogP contribution in [0.4, 0.5) is 0 Å². The number of rotatable bonds is 1. The standard InChI is InChI=1S/C5H7NOS/c7-4-5-2-1-3-8-6-5/h1-3,6-7H,4H2. The SMILES string of the molecule is OCC1=CC=CSN1. The van der Waals surface area contributed by atoms with E-state index in [1.54, 1.807) is 0 Å². The predicted molar refractivity (Wildman–Crippen MR) is 35.0 cm³/mol. The molecule has 0 aromatic carbocycles. The zero-order chi connectivity index (χ0) is 5.82. The zero-order valence-corrected chi connectivity index (χ0v) is 5.11. The van der Waals surface area contributed by atoms with E-state index >= 15 is 0 Å². The first-order chi connectivity index (χ1) is 3.93. The molecule has 0 aromatic heterocycles. The molecule has 0 saturated heterocycles. The number of nitrogens with one attached hydrogen (secondary N) is 1. The molecule has 0 aromatic rings. The lowest BCUT2D eigenvalue weighted by molar-refractivity contribution is 0.327. The van der Waals surface area contributed by atoms with Gasteiger partial charge in [0.2, 0.25) is 0 Å². The van der Waals surface area contributed by atoms with Crippen LogP contribution in [0.2, 0.25) is 0 Å². The van der Waals surface area contributed by atoms with Crippen LogP contribution in [0.3, 0.4) is 0 Å². The molecule has 0 amide bonds. The van der Waals surface area contributed by atoms with Crippen molar-refractivity contribution in [2.24, 2.45) is 0 Å². The number of aliphatic hydroxyl groups is 1. The van der Waals surface area contributed by atoms with Gasteiger partial charge in [-0.3, -0.25) is 0 Å². The Morgan fingerprint density at radius 2 is 2.62 bits per heavy atom. The van der Waals surface area contributed by atoms with E-state index in [2.05, 4.69) is 4.72 Å². The lowest BCUT2D eigenvalue weighted by Crippen LogP contribution is -2.07. The number of hydrogen-bond donors (Lipinski definition) is 2. The Kier molecular flexibility index (Phi) is 2.00. The van der Waals surface area contributed by atoms with Crippen LogP contribution in [0.15, 0.2) is 23.3 Å². The molecule has 3 heteroatoms. The van der Waals surface area contributed by atoms with Crippen molar-refractivity contribution in [2.75, 3.05) is 6.61 Å². The summed E-state index contributed by atoms with van der Waals surface area (Å²) >= 11 is 1.47. The summed E-state index contributed by atoms with van der Waals surface area (Å²) < 4.78 is 2.91. The second-order valence-corrected chi connectivity index (χ2v) is 2.11. The fourth-order valence-electron chi connectivity index (χ4n) is 0.423. The first-order valence-corrected chi connectivity index (χ1v) is 3.19. The predicted octanol–water partition coefficient (Wildman–Crippen LogP) is 0.628. The van der Waals surface area contributed by atoms with E-state index in [4.69, 9.17) is 5.11 Å². The fourth-order valence-corrected chi connectivity index (χ4v) is 0.933. The first kappa shape index (κ1) is 5.72. The van der Waals surface area contributed by atoms with Crippen molar-refractivity contribution >= 4 is 11.9 Å². The van der Waals surface area contributed by atoms with Crippen LogP contribution < -0.4 is 4.72 Å². The maximum atomic E-state index is 8.51. The molecule has 44 valence electrons.